The van der Waals surface area contributed by atoms with Crippen molar-refractivity contribution in [2.24, 2.45) is 11.3 Å². The summed E-state index contributed by atoms with van der Waals surface area (Å²) in [6, 6.07) is 7.77. The monoisotopic (exact) mass is 399 g/mol. The van der Waals surface area contributed by atoms with Crippen molar-refractivity contribution in [3.63, 3.8) is 0 Å². The number of hydrogen-bond acceptors (Lipinski definition) is 5. The van der Waals surface area contributed by atoms with Gasteiger partial charge in [0.25, 0.3) is 5.91 Å². The van der Waals surface area contributed by atoms with E-state index in [1.165, 1.54) is 4.88 Å². The lowest BCUT2D eigenvalue weighted by Crippen LogP contribution is -2.39. The molecule has 6 nitrogen and oxygen atoms in total. The molecule has 0 aliphatic carbocycles. The van der Waals surface area contributed by atoms with Crippen LogP contribution in [-0.2, 0) is 16.0 Å². The summed E-state index contributed by atoms with van der Waals surface area (Å²) >= 11 is 1.70. The van der Waals surface area contributed by atoms with E-state index >= 15 is 0 Å². The number of thiophene rings is 1. The molecule has 2 fully saturated rings. The summed E-state index contributed by atoms with van der Waals surface area (Å²) in [5.41, 5.74) is 1.21. The number of carbonyl (C=O) groups is 2. The summed E-state index contributed by atoms with van der Waals surface area (Å²) in [5.74, 6) is 0.232. The van der Waals surface area contributed by atoms with Crippen LogP contribution < -0.4 is 5.32 Å². The van der Waals surface area contributed by atoms with Crippen LogP contribution in [0.15, 0.2) is 35.8 Å². The number of aromatic nitrogens is 1. The molecule has 2 amide bonds. The average molecular weight is 400 g/mol. The van der Waals surface area contributed by atoms with Crippen LogP contribution in [0, 0.1) is 18.3 Å². The molecular weight excluding hydrogens is 374 g/mol. The smallest absolute Gasteiger partial charge is 0.255 e. The standard InChI is InChI=1S/C21H25N3O3S/c1-15-4-5-16(10-23-15)20(26)24-11-17-12-27-14-21(17,13-24)9-19(25)22-7-6-18-3-2-8-28-18/h2-5,8,10,17H,6-7,9,11-14H2,1H3,(H,22,25)/t17-,21+/m1/s1. The second-order valence-corrected chi connectivity index (χ2v) is 8.84. The zero-order chi connectivity index (χ0) is 19.6. The van der Waals surface area contributed by atoms with E-state index < -0.39 is 0 Å². The number of fused-ring (bicyclic) bond motifs is 1. The molecule has 7 heteroatoms. The fraction of sp³-hybridized carbons (Fsp3) is 0.476. The van der Waals surface area contributed by atoms with Crippen LogP contribution in [0.3, 0.4) is 0 Å². The Hall–Kier alpha value is -2.25. The maximum Gasteiger partial charge on any atom is 0.255 e. The first-order valence-corrected chi connectivity index (χ1v) is 10.5. The Morgan fingerprint density at radius 1 is 1.39 bits per heavy atom. The third-order valence-electron chi connectivity index (χ3n) is 5.75. The maximum absolute atomic E-state index is 12.9. The molecule has 0 saturated carbocycles. The van der Waals surface area contributed by atoms with Crippen LogP contribution in [0.5, 0.6) is 0 Å². The third-order valence-corrected chi connectivity index (χ3v) is 6.69. The van der Waals surface area contributed by atoms with Gasteiger partial charge >= 0.3 is 0 Å². The summed E-state index contributed by atoms with van der Waals surface area (Å²) < 4.78 is 5.70. The predicted octanol–water partition coefficient (Wildman–Crippen LogP) is 2.29. The van der Waals surface area contributed by atoms with E-state index in [4.69, 9.17) is 4.74 Å². The Morgan fingerprint density at radius 2 is 2.29 bits per heavy atom. The number of nitrogens with one attached hydrogen (secondary N) is 1. The quantitative estimate of drug-likeness (QED) is 0.809. The zero-order valence-electron chi connectivity index (χ0n) is 16.0. The first-order chi connectivity index (χ1) is 13.6. The lowest BCUT2D eigenvalue weighted by molar-refractivity contribution is -0.123. The van der Waals surface area contributed by atoms with Gasteiger partial charge in [-0.3, -0.25) is 14.6 Å². The molecule has 2 saturated heterocycles. The van der Waals surface area contributed by atoms with Crippen molar-refractivity contribution < 1.29 is 14.3 Å². The van der Waals surface area contributed by atoms with Crippen molar-refractivity contribution in [3.8, 4) is 0 Å². The van der Waals surface area contributed by atoms with Crippen LogP contribution in [0.1, 0.15) is 27.3 Å². The van der Waals surface area contributed by atoms with Gasteiger partial charge in [0.05, 0.1) is 18.8 Å². The Bertz CT molecular complexity index is 837. The van der Waals surface area contributed by atoms with Crippen molar-refractivity contribution in [1.82, 2.24) is 15.2 Å². The zero-order valence-corrected chi connectivity index (χ0v) is 16.8. The number of likely N-dealkylation sites (tertiary alicyclic amines) is 1. The summed E-state index contributed by atoms with van der Waals surface area (Å²) in [4.78, 5) is 32.8. The fourth-order valence-corrected chi connectivity index (χ4v) is 4.88. The Morgan fingerprint density at radius 3 is 3.04 bits per heavy atom. The third kappa shape index (κ3) is 3.95. The number of aryl methyl sites for hydroxylation is 1. The van der Waals surface area contributed by atoms with E-state index in [1.807, 2.05) is 35.4 Å². The van der Waals surface area contributed by atoms with Crippen molar-refractivity contribution in [2.75, 3.05) is 32.8 Å². The number of rotatable bonds is 6. The number of hydrogen-bond donors (Lipinski definition) is 1. The van der Waals surface area contributed by atoms with Gasteiger partial charge in [0.2, 0.25) is 5.91 Å². The van der Waals surface area contributed by atoms with E-state index in [2.05, 4.69) is 16.4 Å². The highest BCUT2D eigenvalue weighted by molar-refractivity contribution is 7.09. The minimum Gasteiger partial charge on any atom is -0.380 e. The molecule has 2 aliphatic heterocycles. The molecule has 0 radical (unpaired) electrons. The van der Waals surface area contributed by atoms with Crippen molar-refractivity contribution >= 4 is 23.2 Å². The van der Waals surface area contributed by atoms with Gasteiger partial charge in [0.15, 0.2) is 0 Å². The predicted molar refractivity (Wildman–Crippen MR) is 107 cm³/mol. The number of ether oxygens (including phenoxy) is 1. The molecule has 2 atom stereocenters. The molecular formula is C21H25N3O3S. The normalized spacial score (nSPS) is 23.6. The van der Waals surface area contributed by atoms with Gasteiger partial charge in [-0.25, -0.2) is 0 Å². The molecule has 0 aromatic carbocycles. The Kier molecular flexibility index (Phi) is 5.46. The molecule has 0 unspecified atom stereocenters. The van der Waals surface area contributed by atoms with Crippen LogP contribution >= 0.6 is 11.3 Å². The van der Waals surface area contributed by atoms with E-state index in [-0.39, 0.29) is 23.1 Å². The number of pyridine rings is 1. The molecule has 2 aromatic rings. The van der Waals surface area contributed by atoms with Gasteiger partial charge in [0.1, 0.15) is 0 Å². The van der Waals surface area contributed by atoms with E-state index in [0.29, 0.717) is 44.8 Å². The highest BCUT2D eigenvalue weighted by atomic mass is 32.1. The van der Waals surface area contributed by atoms with Gasteiger partial charge < -0.3 is 15.0 Å². The minimum atomic E-state index is -0.277. The highest BCUT2D eigenvalue weighted by Gasteiger charge is 2.52. The van der Waals surface area contributed by atoms with Crippen molar-refractivity contribution in [2.45, 2.75) is 19.8 Å². The van der Waals surface area contributed by atoms with Crippen molar-refractivity contribution in [3.05, 3.63) is 52.0 Å². The van der Waals surface area contributed by atoms with Gasteiger partial charge in [0, 0.05) is 54.2 Å². The fourth-order valence-electron chi connectivity index (χ4n) is 4.18. The molecule has 28 heavy (non-hydrogen) atoms. The van der Waals surface area contributed by atoms with Crippen LogP contribution in [0.4, 0.5) is 0 Å². The number of amides is 2. The molecule has 2 aromatic heterocycles. The second kappa shape index (κ2) is 8.01. The molecule has 148 valence electrons. The number of carbonyl (C=O) groups excluding carboxylic acids is 2. The van der Waals surface area contributed by atoms with Crippen LogP contribution in [-0.4, -0.2) is 54.5 Å². The topological polar surface area (TPSA) is 71.5 Å². The van der Waals surface area contributed by atoms with Crippen molar-refractivity contribution in [1.29, 1.82) is 0 Å². The summed E-state index contributed by atoms with van der Waals surface area (Å²) in [7, 11) is 0. The molecule has 4 rings (SSSR count). The van der Waals surface area contributed by atoms with E-state index in [9.17, 15) is 9.59 Å². The van der Waals surface area contributed by atoms with E-state index in [0.717, 1.165) is 12.1 Å². The van der Waals surface area contributed by atoms with Gasteiger partial charge in [-0.2, -0.15) is 0 Å². The van der Waals surface area contributed by atoms with Crippen LogP contribution in [0.25, 0.3) is 0 Å². The Labute approximate surface area is 168 Å². The molecule has 4 heterocycles. The molecule has 0 spiro atoms. The molecule has 2 aliphatic rings. The van der Waals surface area contributed by atoms with E-state index in [1.54, 1.807) is 17.5 Å². The second-order valence-electron chi connectivity index (χ2n) is 7.80. The molecule has 0 bridgehead atoms. The van der Waals surface area contributed by atoms with Gasteiger partial charge in [-0.15, -0.1) is 11.3 Å². The summed E-state index contributed by atoms with van der Waals surface area (Å²) in [6.45, 7) is 4.87. The summed E-state index contributed by atoms with van der Waals surface area (Å²) in [6.07, 6.45) is 2.88. The molecule has 1 N–H and O–H groups in total. The average Bonchev–Trinajstić information content (AvgIpc) is 3.38. The Balaban J connectivity index is 1.36. The number of nitrogens with zero attached hydrogens (tertiary/aromatic N) is 2. The summed E-state index contributed by atoms with van der Waals surface area (Å²) in [5, 5.41) is 5.08. The van der Waals surface area contributed by atoms with Gasteiger partial charge in [-0.1, -0.05) is 6.07 Å². The lowest BCUT2D eigenvalue weighted by atomic mass is 9.78. The highest BCUT2D eigenvalue weighted by Crippen LogP contribution is 2.44. The lowest BCUT2D eigenvalue weighted by Gasteiger charge is -2.26. The van der Waals surface area contributed by atoms with Crippen LogP contribution in [0.2, 0.25) is 0 Å². The largest absolute Gasteiger partial charge is 0.380 e. The minimum absolute atomic E-state index is 0.0145. The first-order valence-electron chi connectivity index (χ1n) is 9.64. The first kappa shape index (κ1) is 19.1. The SMILES string of the molecule is Cc1ccc(C(=O)N2C[C@@H]3COC[C@]3(CC(=O)NCCc3cccs3)C2)cn1. The van der Waals surface area contributed by atoms with Gasteiger partial charge in [-0.05, 0) is 36.9 Å². The maximum atomic E-state index is 12.9.